The Bertz CT molecular complexity index is 1470. The van der Waals surface area contributed by atoms with E-state index in [1.807, 2.05) is 0 Å². The Morgan fingerprint density at radius 3 is 2.34 bits per heavy atom. The number of hydrogen-bond donors (Lipinski definition) is 0. The Labute approximate surface area is 182 Å². The lowest BCUT2D eigenvalue weighted by atomic mass is 10.0. The summed E-state index contributed by atoms with van der Waals surface area (Å²) in [5.74, 6) is -2.99. The van der Waals surface area contributed by atoms with Gasteiger partial charge in [-0.1, -0.05) is 30.3 Å². The van der Waals surface area contributed by atoms with Crippen molar-refractivity contribution in [2.24, 2.45) is 0 Å². The highest BCUT2D eigenvalue weighted by molar-refractivity contribution is 7.90. The van der Waals surface area contributed by atoms with Crippen LogP contribution in [0.1, 0.15) is 33.2 Å². The van der Waals surface area contributed by atoms with Crippen LogP contribution in [-0.2, 0) is 16.4 Å². The molecule has 1 aromatic heterocycles. The monoisotopic (exact) mass is 454 g/mol. The summed E-state index contributed by atoms with van der Waals surface area (Å²) in [6.07, 6.45) is 1.02. The zero-order valence-corrected chi connectivity index (χ0v) is 17.6. The Morgan fingerprint density at radius 1 is 0.969 bits per heavy atom. The molecular formula is C23H16F2N2O4S. The first kappa shape index (κ1) is 21.5. The van der Waals surface area contributed by atoms with Crippen LogP contribution in [0.4, 0.5) is 8.78 Å². The second kappa shape index (κ2) is 8.08. The number of Topliss-reactive ketones (excluding diaryl/α,β-unsaturated/α-hetero) is 2. The summed E-state index contributed by atoms with van der Waals surface area (Å²) in [4.78, 5) is 24.0. The van der Waals surface area contributed by atoms with E-state index >= 15 is 0 Å². The number of hydrogen-bond acceptors (Lipinski definition) is 5. The fourth-order valence-corrected chi connectivity index (χ4v) is 4.67. The zero-order valence-electron chi connectivity index (χ0n) is 16.7. The van der Waals surface area contributed by atoms with Crippen molar-refractivity contribution in [3.8, 4) is 0 Å². The molecule has 9 heteroatoms. The summed E-state index contributed by atoms with van der Waals surface area (Å²) < 4.78 is 55.0. The molecule has 0 aliphatic heterocycles. The number of rotatable bonds is 6. The summed E-state index contributed by atoms with van der Waals surface area (Å²) >= 11 is 0. The minimum atomic E-state index is -4.14. The van der Waals surface area contributed by atoms with E-state index in [1.54, 1.807) is 12.1 Å². The third-order valence-electron chi connectivity index (χ3n) is 4.98. The molecule has 0 atom stereocenters. The maximum absolute atomic E-state index is 13.9. The van der Waals surface area contributed by atoms with Crippen LogP contribution in [0.2, 0.25) is 0 Å². The van der Waals surface area contributed by atoms with Gasteiger partial charge in [-0.3, -0.25) is 9.59 Å². The quantitative estimate of drug-likeness (QED) is 0.408. The number of halogens is 2. The molecule has 32 heavy (non-hydrogen) atoms. The van der Waals surface area contributed by atoms with Gasteiger partial charge >= 0.3 is 0 Å². The van der Waals surface area contributed by atoms with Crippen molar-refractivity contribution in [2.45, 2.75) is 18.2 Å². The molecule has 0 saturated heterocycles. The van der Waals surface area contributed by atoms with Gasteiger partial charge in [0.15, 0.2) is 11.6 Å². The van der Waals surface area contributed by atoms with Crippen molar-refractivity contribution in [3.63, 3.8) is 0 Å². The van der Waals surface area contributed by atoms with E-state index in [0.29, 0.717) is 10.9 Å². The first-order valence-corrected chi connectivity index (χ1v) is 10.9. The highest BCUT2D eigenvalue weighted by Gasteiger charge is 2.22. The van der Waals surface area contributed by atoms with E-state index in [1.165, 1.54) is 43.5 Å². The van der Waals surface area contributed by atoms with Crippen LogP contribution in [0.25, 0.3) is 10.9 Å². The van der Waals surface area contributed by atoms with E-state index in [9.17, 15) is 26.8 Å². The predicted molar refractivity (Wildman–Crippen MR) is 113 cm³/mol. The maximum atomic E-state index is 13.9. The van der Waals surface area contributed by atoms with Gasteiger partial charge in [-0.2, -0.15) is 17.6 Å². The standard InChI is InChI=1S/C23H16F2N2O4S/c1-14(28)16-4-2-5-18(12-16)32(30,31)27-21-10-15(8-9-17(21)13-26-27)11-22(29)23-19(24)6-3-7-20(23)25/h2-10,12-13H,11H2,1H3. The van der Waals surface area contributed by atoms with Crippen LogP contribution in [-0.4, -0.2) is 29.2 Å². The van der Waals surface area contributed by atoms with Gasteiger partial charge in [-0.25, -0.2) is 8.78 Å². The minimum Gasteiger partial charge on any atom is -0.295 e. The van der Waals surface area contributed by atoms with Gasteiger partial charge in [0, 0.05) is 17.4 Å². The van der Waals surface area contributed by atoms with Crippen molar-refractivity contribution in [2.75, 3.05) is 0 Å². The van der Waals surface area contributed by atoms with Crippen molar-refractivity contribution < 1.29 is 26.8 Å². The molecule has 0 aliphatic rings. The fraction of sp³-hybridized carbons (Fsp3) is 0.0870. The van der Waals surface area contributed by atoms with Crippen LogP contribution in [0.5, 0.6) is 0 Å². The molecule has 0 bridgehead atoms. The first-order chi connectivity index (χ1) is 15.2. The molecule has 0 saturated carbocycles. The first-order valence-electron chi connectivity index (χ1n) is 9.49. The largest absolute Gasteiger partial charge is 0.295 e. The number of nitrogens with zero attached hydrogens (tertiary/aromatic N) is 2. The van der Waals surface area contributed by atoms with E-state index in [2.05, 4.69) is 5.10 Å². The highest BCUT2D eigenvalue weighted by Crippen LogP contribution is 2.23. The van der Waals surface area contributed by atoms with Gasteiger partial charge in [0.25, 0.3) is 10.0 Å². The molecule has 0 aliphatic carbocycles. The molecule has 0 amide bonds. The highest BCUT2D eigenvalue weighted by atomic mass is 32.2. The molecule has 4 rings (SSSR count). The van der Waals surface area contributed by atoms with Gasteiger partial charge < -0.3 is 0 Å². The van der Waals surface area contributed by atoms with Crippen LogP contribution < -0.4 is 0 Å². The van der Waals surface area contributed by atoms with Crippen molar-refractivity contribution in [1.82, 2.24) is 9.19 Å². The van der Waals surface area contributed by atoms with E-state index in [4.69, 9.17) is 0 Å². The van der Waals surface area contributed by atoms with Crippen molar-refractivity contribution in [1.29, 1.82) is 0 Å². The normalized spacial score (nSPS) is 11.6. The summed E-state index contributed by atoms with van der Waals surface area (Å²) in [5, 5.41) is 4.45. The lowest BCUT2D eigenvalue weighted by Gasteiger charge is -2.08. The number of fused-ring (bicyclic) bond motifs is 1. The Kier molecular flexibility index (Phi) is 5.43. The summed E-state index contributed by atoms with van der Waals surface area (Å²) in [5.41, 5.74) is 0.146. The molecule has 0 unspecified atom stereocenters. The second-order valence-corrected chi connectivity index (χ2v) is 8.93. The Hall–Kier alpha value is -3.72. The van der Waals surface area contributed by atoms with Crippen LogP contribution in [0.3, 0.4) is 0 Å². The van der Waals surface area contributed by atoms with Gasteiger partial charge in [-0.05, 0) is 42.8 Å². The number of carbonyl (C=O) groups is 2. The molecular weight excluding hydrogens is 438 g/mol. The average molecular weight is 454 g/mol. The topological polar surface area (TPSA) is 86.1 Å². The average Bonchev–Trinajstić information content (AvgIpc) is 3.18. The van der Waals surface area contributed by atoms with Crippen molar-refractivity contribution in [3.05, 3.63) is 95.2 Å². The smallest absolute Gasteiger partial charge is 0.283 e. The molecule has 0 spiro atoms. The van der Waals surface area contributed by atoms with E-state index < -0.39 is 33.0 Å². The molecule has 0 N–H and O–H groups in total. The van der Waals surface area contributed by atoms with Crippen LogP contribution in [0, 0.1) is 11.6 Å². The van der Waals surface area contributed by atoms with E-state index in [0.717, 1.165) is 22.3 Å². The third-order valence-corrected chi connectivity index (χ3v) is 6.57. The molecule has 3 aromatic carbocycles. The van der Waals surface area contributed by atoms with Crippen LogP contribution in [0.15, 0.2) is 71.8 Å². The van der Waals surface area contributed by atoms with Gasteiger partial charge in [0.05, 0.1) is 22.2 Å². The molecule has 162 valence electrons. The number of aromatic nitrogens is 2. The third kappa shape index (κ3) is 3.82. The molecule has 0 fully saturated rings. The fourth-order valence-electron chi connectivity index (χ4n) is 3.36. The summed E-state index contributed by atoms with van der Waals surface area (Å²) in [6.45, 7) is 1.33. The number of benzene rings is 3. The Morgan fingerprint density at radius 2 is 1.66 bits per heavy atom. The molecule has 4 aromatic rings. The second-order valence-electron chi connectivity index (χ2n) is 7.17. The SMILES string of the molecule is CC(=O)c1cccc(S(=O)(=O)n2ncc3ccc(CC(=O)c4c(F)cccc4F)cc32)c1. The van der Waals surface area contributed by atoms with Gasteiger partial charge in [-0.15, -0.1) is 0 Å². The minimum absolute atomic E-state index is 0.120. The molecule has 0 radical (unpaired) electrons. The Balaban J connectivity index is 1.74. The zero-order chi connectivity index (χ0) is 23.0. The lowest BCUT2D eigenvalue weighted by Crippen LogP contribution is -2.15. The predicted octanol–water partition coefficient (Wildman–Crippen LogP) is 4.18. The van der Waals surface area contributed by atoms with Crippen LogP contribution >= 0.6 is 0 Å². The maximum Gasteiger partial charge on any atom is 0.283 e. The molecule has 1 heterocycles. The van der Waals surface area contributed by atoms with E-state index in [-0.39, 0.29) is 28.2 Å². The van der Waals surface area contributed by atoms with Crippen molar-refractivity contribution >= 4 is 32.5 Å². The van der Waals surface area contributed by atoms with Gasteiger partial charge in [0.1, 0.15) is 11.6 Å². The summed E-state index contributed by atoms with van der Waals surface area (Å²) in [6, 6.07) is 13.3. The molecule has 6 nitrogen and oxygen atoms in total. The number of carbonyl (C=O) groups excluding carboxylic acids is 2. The summed E-state index contributed by atoms with van der Waals surface area (Å²) in [7, 11) is -4.14. The number of ketones is 2. The lowest BCUT2D eigenvalue weighted by molar-refractivity contribution is 0.0982. The van der Waals surface area contributed by atoms with Gasteiger partial charge in [0.2, 0.25) is 0 Å².